The SMILES string of the molecule is C=CC(O)OCCOc1ccc(O)cc1. The summed E-state index contributed by atoms with van der Waals surface area (Å²) in [5, 5.41) is 18.0. The number of benzene rings is 1. The maximum atomic E-state index is 9.01. The number of hydrogen-bond donors (Lipinski definition) is 2. The minimum absolute atomic E-state index is 0.195. The maximum Gasteiger partial charge on any atom is 0.173 e. The van der Waals surface area contributed by atoms with Crippen LogP contribution in [0.3, 0.4) is 0 Å². The van der Waals surface area contributed by atoms with Crippen molar-refractivity contribution >= 4 is 0 Å². The van der Waals surface area contributed by atoms with Gasteiger partial charge in [0.1, 0.15) is 18.1 Å². The van der Waals surface area contributed by atoms with Crippen molar-refractivity contribution in [1.82, 2.24) is 0 Å². The van der Waals surface area contributed by atoms with Crippen molar-refractivity contribution in [2.24, 2.45) is 0 Å². The van der Waals surface area contributed by atoms with E-state index in [1.807, 2.05) is 0 Å². The molecule has 0 amide bonds. The van der Waals surface area contributed by atoms with E-state index in [0.29, 0.717) is 12.4 Å². The summed E-state index contributed by atoms with van der Waals surface area (Å²) in [7, 11) is 0. The predicted molar refractivity (Wildman–Crippen MR) is 55.8 cm³/mol. The van der Waals surface area contributed by atoms with E-state index in [4.69, 9.17) is 19.7 Å². The second kappa shape index (κ2) is 6.06. The second-order valence-electron chi connectivity index (χ2n) is 2.84. The second-order valence-corrected chi connectivity index (χ2v) is 2.84. The lowest BCUT2D eigenvalue weighted by Crippen LogP contribution is -2.14. The van der Waals surface area contributed by atoms with E-state index in [0.717, 1.165) is 0 Å². The van der Waals surface area contributed by atoms with Gasteiger partial charge in [0.25, 0.3) is 0 Å². The monoisotopic (exact) mass is 210 g/mol. The molecule has 0 saturated heterocycles. The molecule has 15 heavy (non-hydrogen) atoms. The summed E-state index contributed by atoms with van der Waals surface area (Å²) in [6.45, 7) is 3.96. The summed E-state index contributed by atoms with van der Waals surface area (Å²) in [5.41, 5.74) is 0. The number of aliphatic hydroxyl groups is 1. The lowest BCUT2D eigenvalue weighted by atomic mass is 10.3. The first-order chi connectivity index (χ1) is 7.22. The highest BCUT2D eigenvalue weighted by atomic mass is 16.6. The highest BCUT2D eigenvalue weighted by Gasteiger charge is 1.97. The topological polar surface area (TPSA) is 58.9 Å². The third-order valence-corrected chi connectivity index (χ3v) is 1.68. The van der Waals surface area contributed by atoms with Crippen LogP contribution in [0.2, 0.25) is 0 Å². The smallest absolute Gasteiger partial charge is 0.173 e. The summed E-state index contributed by atoms with van der Waals surface area (Å²) in [4.78, 5) is 0. The van der Waals surface area contributed by atoms with Crippen molar-refractivity contribution in [3.8, 4) is 11.5 Å². The predicted octanol–water partition coefficient (Wildman–Crippen LogP) is 1.29. The standard InChI is InChI=1S/C11H14O4/c1-2-11(13)15-8-7-14-10-5-3-9(12)4-6-10/h2-6,11-13H,1,7-8H2. The van der Waals surface area contributed by atoms with Crippen LogP contribution in [-0.2, 0) is 4.74 Å². The Morgan fingerprint density at radius 1 is 1.27 bits per heavy atom. The minimum Gasteiger partial charge on any atom is -0.508 e. The average Bonchev–Trinajstić information content (AvgIpc) is 2.26. The Bertz CT molecular complexity index is 294. The average molecular weight is 210 g/mol. The molecule has 2 N–H and O–H groups in total. The van der Waals surface area contributed by atoms with Gasteiger partial charge in [0.2, 0.25) is 0 Å². The Hall–Kier alpha value is -1.52. The molecule has 0 spiro atoms. The van der Waals surface area contributed by atoms with Crippen LogP contribution in [0, 0.1) is 0 Å². The van der Waals surface area contributed by atoms with Crippen molar-refractivity contribution < 1.29 is 19.7 Å². The van der Waals surface area contributed by atoms with Crippen molar-refractivity contribution in [2.45, 2.75) is 6.29 Å². The lowest BCUT2D eigenvalue weighted by molar-refractivity contribution is -0.0711. The van der Waals surface area contributed by atoms with Crippen LogP contribution in [0.5, 0.6) is 11.5 Å². The van der Waals surface area contributed by atoms with Gasteiger partial charge in [-0.1, -0.05) is 6.58 Å². The van der Waals surface area contributed by atoms with Gasteiger partial charge in [-0.25, -0.2) is 0 Å². The molecular formula is C11H14O4. The molecule has 0 bridgehead atoms. The Labute approximate surface area is 88.4 Å². The van der Waals surface area contributed by atoms with Crippen LogP contribution < -0.4 is 4.74 Å². The van der Waals surface area contributed by atoms with Crippen LogP contribution in [0.4, 0.5) is 0 Å². The molecule has 0 aromatic heterocycles. The molecule has 1 rings (SSSR count). The number of ether oxygens (including phenoxy) is 2. The van der Waals surface area contributed by atoms with Gasteiger partial charge in [-0.15, -0.1) is 0 Å². The molecule has 82 valence electrons. The van der Waals surface area contributed by atoms with Gasteiger partial charge in [-0.05, 0) is 30.3 Å². The van der Waals surface area contributed by atoms with Crippen molar-refractivity contribution in [1.29, 1.82) is 0 Å². The van der Waals surface area contributed by atoms with Crippen LogP contribution in [0.25, 0.3) is 0 Å². The zero-order valence-corrected chi connectivity index (χ0v) is 8.30. The molecule has 0 aliphatic carbocycles. The fourth-order valence-electron chi connectivity index (χ4n) is 0.939. The zero-order chi connectivity index (χ0) is 11.1. The largest absolute Gasteiger partial charge is 0.508 e. The highest BCUT2D eigenvalue weighted by molar-refractivity contribution is 5.29. The van der Waals surface area contributed by atoms with Gasteiger partial charge in [0.15, 0.2) is 6.29 Å². The number of rotatable bonds is 6. The van der Waals surface area contributed by atoms with Gasteiger partial charge in [-0.2, -0.15) is 0 Å². The van der Waals surface area contributed by atoms with E-state index in [9.17, 15) is 0 Å². The van der Waals surface area contributed by atoms with Gasteiger partial charge >= 0.3 is 0 Å². The van der Waals surface area contributed by atoms with E-state index >= 15 is 0 Å². The summed E-state index contributed by atoms with van der Waals surface area (Å²) < 4.78 is 10.2. The molecule has 4 nitrogen and oxygen atoms in total. The first-order valence-electron chi connectivity index (χ1n) is 4.56. The number of phenolic OH excluding ortho intramolecular Hbond substituents is 1. The summed E-state index contributed by atoms with van der Waals surface area (Å²) in [5.74, 6) is 0.838. The molecule has 0 fully saturated rings. The van der Waals surface area contributed by atoms with Crippen molar-refractivity contribution in [3.63, 3.8) is 0 Å². The van der Waals surface area contributed by atoms with E-state index in [2.05, 4.69) is 6.58 Å². The van der Waals surface area contributed by atoms with Gasteiger partial charge in [0, 0.05) is 0 Å². The number of aliphatic hydroxyl groups excluding tert-OH is 1. The van der Waals surface area contributed by atoms with Crippen LogP contribution >= 0.6 is 0 Å². The molecule has 0 radical (unpaired) electrons. The molecule has 0 heterocycles. The molecule has 1 aromatic rings. The van der Waals surface area contributed by atoms with Gasteiger partial charge < -0.3 is 19.7 Å². The first-order valence-corrected chi connectivity index (χ1v) is 4.56. The van der Waals surface area contributed by atoms with E-state index in [1.165, 1.54) is 18.2 Å². The summed E-state index contributed by atoms with van der Waals surface area (Å²) >= 11 is 0. The van der Waals surface area contributed by atoms with Gasteiger partial charge in [-0.3, -0.25) is 0 Å². The van der Waals surface area contributed by atoms with Crippen molar-refractivity contribution in [3.05, 3.63) is 36.9 Å². The maximum absolute atomic E-state index is 9.01. The van der Waals surface area contributed by atoms with Crippen LogP contribution in [0.1, 0.15) is 0 Å². The highest BCUT2D eigenvalue weighted by Crippen LogP contribution is 2.15. The van der Waals surface area contributed by atoms with Crippen LogP contribution in [-0.4, -0.2) is 29.7 Å². The fraction of sp³-hybridized carbons (Fsp3) is 0.273. The minimum atomic E-state index is -0.951. The van der Waals surface area contributed by atoms with Crippen LogP contribution in [0.15, 0.2) is 36.9 Å². The molecule has 0 aliphatic heterocycles. The molecule has 1 atom stereocenters. The molecule has 0 saturated carbocycles. The first kappa shape index (κ1) is 11.6. The Morgan fingerprint density at radius 2 is 1.93 bits per heavy atom. The Morgan fingerprint density at radius 3 is 2.53 bits per heavy atom. The quantitative estimate of drug-likeness (QED) is 0.422. The summed E-state index contributed by atoms with van der Waals surface area (Å²) in [6, 6.07) is 6.38. The number of aromatic hydroxyl groups is 1. The Balaban J connectivity index is 2.20. The number of hydrogen-bond acceptors (Lipinski definition) is 4. The van der Waals surface area contributed by atoms with E-state index in [1.54, 1.807) is 12.1 Å². The zero-order valence-electron chi connectivity index (χ0n) is 8.30. The fourth-order valence-corrected chi connectivity index (χ4v) is 0.939. The summed E-state index contributed by atoms with van der Waals surface area (Å²) in [6.07, 6.45) is 0.342. The molecule has 1 aromatic carbocycles. The van der Waals surface area contributed by atoms with Gasteiger partial charge in [0.05, 0.1) is 6.61 Å². The third kappa shape index (κ3) is 4.49. The van der Waals surface area contributed by atoms with Crippen molar-refractivity contribution in [2.75, 3.05) is 13.2 Å². The van der Waals surface area contributed by atoms with E-state index < -0.39 is 6.29 Å². The molecule has 1 unspecified atom stereocenters. The number of phenols is 1. The third-order valence-electron chi connectivity index (χ3n) is 1.68. The normalized spacial score (nSPS) is 12.1. The molecular weight excluding hydrogens is 196 g/mol. The Kier molecular flexibility index (Phi) is 4.66. The molecule has 4 heteroatoms. The lowest BCUT2D eigenvalue weighted by Gasteiger charge is -2.08. The molecule has 0 aliphatic rings. The van der Waals surface area contributed by atoms with E-state index in [-0.39, 0.29) is 12.4 Å².